The normalized spacial score (nSPS) is 11.0. The van der Waals surface area contributed by atoms with Crippen LogP contribution in [0.4, 0.5) is 0 Å². The van der Waals surface area contributed by atoms with E-state index in [1.165, 1.54) is 16.3 Å². The van der Waals surface area contributed by atoms with Crippen LogP contribution in [0.2, 0.25) is 0 Å². The van der Waals surface area contributed by atoms with Gasteiger partial charge in [-0.1, -0.05) is 25.6 Å². The lowest BCUT2D eigenvalue weighted by atomic mass is 10.2. The number of thioether (sulfide) groups is 1. The number of aromatic nitrogens is 3. The van der Waals surface area contributed by atoms with E-state index >= 15 is 0 Å². The van der Waals surface area contributed by atoms with E-state index in [1.54, 1.807) is 0 Å². The Balaban J connectivity index is 2.21. The van der Waals surface area contributed by atoms with Gasteiger partial charge < -0.3 is 9.67 Å². The summed E-state index contributed by atoms with van der Waals surface area (Å²) in [6, 6.07) is 3.02. The van der Waals surface area contributed by atoms with Crippen LogP contribution in [-0.2, 0) is 13.1 Å². The highest BCUT2D eigenvalue weighted by atomic mass is 32.2. The summed E-state index contributed by atoms with van der Waals surface area (Å²) in [7, 11) is 0. The monoisotopic (exact) mass is 363 g/mol. The van der Waals surface area contributed by atoms with E-state index in [0.29, 0.717) is 17.3 Å². The maximum absolute atomic E-state index is 12.6. The van der Waals surface area contributed by atoms with Gasteiger partial charge in [0.15, 0.2) is 10.9 Å². The highest BCUT2D eigenvalue weighted by molar-refractivity contribution is 7.99. The van der Waals surface area contributed by atoms with E-state index in [-0.39, 0.29) is 23.0 Å². The van der Waals surface area contributed by atoms with Gasteiger partial charge in [0.2, 0.25) is 5.88 Å². The van der Waals surface area contributed by atoms with Crippen LogP contribution in [0.5, 0.6) is 5.88 Å². The van der Waals surface area contributed by atoms with Gasteiger partial charge in [0.1, 0.15) is 0 Å². The zero-order chi connectivity index (χ0) is 18.6. The molecule has 0 aliphatic carbocycles. The van der Waals surface area contributed by atoms with E-state index in [1.807, 2.05) is 26.8 Å². The van der Waals surface area contributed by atoms with Crippen molar-refractivity contribution in [1.29, 1.82) is 0 Å². The number of carbonyl (C=O) groups is 1. The van der Waals surface area contributed by atoms with Gasteiger partial charge in [-0.25, -0.2) is 0 Å². The molecule has 0 aromatic carbocycles. The summed E-state index contributed by atoms with van der Waals surface area (Å²) < 4.78 is 3.65. The van der Waals surface area contributed by atoms with E-state index < -0.39 is 0 Å². The quantitative estimate of drug-likeness (QED) is 0.443. The number of Topliss-reactive ketones (excluding diaryl/α,β-unsaturated/α-hetero) is 1. The first-order valence-corrected chi connectivity index (χ1v) is 9.51. The average molecular weight is 363 g/mol. The van der Waals surface area contributed by atoms with Gasteiger partial charge in [0.05, 0.1) is 11.8 Å². The van der Waals surface area contributed by atoms with Crippen LogP contribution in [0.15, 0.2) is 22.1 Å². The summed E-state index contributed by atoms with van der Waals surface area (Å²) in [5, 5.41) is 9.96. The van der Waals surface area contributed by atoms with E-state index in [2.05, 4.69) is 16.5 Å². The molecule has 0 fully saturated rings. The first-order valence-electron chi connectivity index (χ1n) is 8.52. The first kappa shape index (κ1) is 19.3. The maximum Gasteiger partial charge on any atom is 0.257 e. The minimum Gasteiger partial charge on any atom is -0.493 e. The third-order valence-corrected chi connectivity index (χ3v) is 5.04. The lowest BCUT2D eigenvalue weighted by Crippen LogP contribution is -2.22. The maximum atomic E-state index is 12.6. The van der Waals surface area contributed by atoms with Gasteiger partial charge in [0.25, 0.3) is 5.56 Å². The summed E-state index contributed by atoms with van der Waals surface area (Å²) in [4.78, 5) is 28.7. The lowest BCUT2D eigenvalue weighted by Gasteiger charge is -2.10. The summed E-state index contributed by atoms with van der Waals surface area (Å²) in [6.45, 7) is 9.43. The van der Waals surface area contributed by atoms with Crippen molar-refractivity contribution in [3.8, 4) is 5.88 Å². The largest absolute Gasteiger partial charge is 0.493 e. The van der Waals surface area contributed by atoms with Gasteiger partial charge in [-0.05, 0) is 32.8 Å². The molecule has 0 aliphatic rings. The highest BCUT2D eigenvalue weighted by Gasteiger charge is 2.17. The van der Waals surface area contributed by atoms with Crippen LogP contribution in [0.3, 0.4) is 0 Å². The Morgan fingerprint density at radius 1 is 1.16 bits per heavy atom. The van der Waals surface area contributed by atoms with Crippen LogP contribution >= 0.6 is 11.8 Å². The van der Waals surface area contributed by atoms with Crippen molar-refractivity contribution in [2.75, 3.05) is 5.75 Å². The number of aromatic hydroxyl groups is 1. The van der Waals surface area contributed by atoms with Gasteiger partial charge in [-0.2, -0.15) is 4.98 Å². The van der Waals surface area contributed by atoms with Gasteiger partial charge >= 0.3 is 0 Å². The summed E-state index contributed by atoms with van der Waals surface area (Å²) in [5.74, 6) is -0.134. The molecule has 0 unspecified atom stereocenters. The number of hydrogen-bond acceptors (Lipinski definition) is 5. The van der Waals surface area contributed by atoms with E-state index in [0.717, 1.165) is 36.8 Å². The Bertz CT molecular complexity index is 824. The predicted molar refractivity (Wildman–Crippen MR) is 99.7 cm³/mol. The summed E-state index contributed by atoms with van der Waals surface area (Å²) in [5.41, 5.74) is 2.46. The molecule has 0 saturated heterocycles. The van der Waals surface area contributed by atoms with Crippen LogP contribution in [0.1, 0.15) is 48.4 Å². The zero-order valence-electron chi connectivity index (χ0n) is 15.2. The molecule has 0 radical (unpaired) electrons. The molecule has 6 nitrogen and oxygen atoms in total. The van der Waals surface area contributed by atoms with Crippen LogP contribution in [0, 0.1) is 13.8 Å². The molecular weight excluding hydrogens is 338 g/mol. The summed E-state index contributed by atoms with van der Waals surface area (Å²) in [6.07, 6.45) is 1.78. The highest BCUT2D eigenvalue weighted by Crippen LogP contribution is 2.22. The minimum atomic E-state index is -0.312. The number of carbonyl (C=O) groups excluding carboxylic acids is 1. The second-order valence-corrected chi connectivity index (χ2v) is 6.98. The molecular formula is C18H25N3O3S. The van der Waals surface area contributed by atoms with E-state index in [9.17, 15) is 14.7 Å². The van der Waals surface area contributed by atoms with Gasteiger partial charge in [-0.15, -0.1) is 0 Å². The minimum absolute atomic E-state index is 0.00101. The molecule has 2 aromatic rings. The Hall–Kier alpha value is -2.02. The summed E-state index contributed by atoms with van der Waals surface area (Å²) >= 11 is 1.19. The van der Waals surface area contributed by atoms with Crippen molar-refractivity contribution in [2.45, 2.75) is 58.8 Å². The molecule has 2 rings (SSSR count). The fourth-order valence-corrected chi connectivity index (χ4v) is 3.78. The third kappa shape index (κ3) is 4.34. The molecule has 0 saturated carbocycles. The first-order chi connectivity index (χ1) is 11.9. The Labute approximate surface area is 151 Å². The van der Waals surface area contributed by atoms with Crippen molar-refractivity contribution in [1.82, 2.24) is 14.1 Å². The standard InChI is InChI=1S/C18H25N3O3S/c1-5-7-20-12(3)9-14(13(20)4)15(22)11-25-18-19-16(23)10-17(24)21(18)8-6-2/h9-10,23H,5-8,11H2,1-4H3. The van der Waals surface area contributed by atoms with Gasteiger partial charge in [-0.3, -0.25) is 14.2 Å². The van der Waals surface area contributed by atoms with Crippen molar-refractivity contribution >= 4 is 17.5 Å². The molecule has 0 amide bonds. The molecule has 2 heterocycles. The topological polar surface area (TPSA) is 77.1 Å². The second kappa shape index (κ2) is 8.38. The fraction of sp³-hybridized carbons (Fsp3) is 0.500. The molecule has 0 bridgehead atoms. The Morgan fingerprint density at radius 3 is 2.44 bits per heavy atom. The second-order valence-electron chi connectivity index (χ2n) is 6.04. The van der Waals surface area contributed by atoms with Crippen molar-refractivity contribution in [3.63, 3.8) is 0 Å². The van der Waals surface area contributed by atoms with Crippen LogP contribution in [0.25, 0.3) is 0 Å². The van der Waals surface area contributed by atoms with Crippen molar-refractivity contribution in [3.05, 3.63) is 39.4 Å². The van der Waals surface area contributed by atoms with Crippen molar-refractivity contribution in [2.24, 2.45) is 0 Å². The number of aryl methyl sites for hydroxylation is 1. The van der Waals surface area contributed by atoms with E-state index in [4.69, 9.17) is 0 Å². The molecule has 136 valence electrons. The number of nitrogens with zero attached hydrogens (tertiary/aromatic N) is 3. The number of hydrogen-bond donors (Lipinski definition) is 1. The van der Waals surface area contributed by atoms with Crippen LogP contribution < -0.4 is 5.56 Å². The predicted octanol–water partition coefficient (Wildman–Crippen LogP) is 3.16. The number of ketones is 1. The molecule has 1 N–H and O–H groups in total. The fourth-order valence-electron chi connectivity index (χ4n) is 2.87. The third-order valence-electron chi connectivity index (χ3n) is 4.06. The van der Waals surface area contributed by atoms with Crippen molar-refractivity contribution < 1.29 is 9.90 Å². The van der Waals surface area contributed by atoms with Crippen LogP contribution in [-0.4, -0.2) is 30.8 Å². The molecule has 2 aromatic heterocycles. The molecule has 7 heteroatoms. The van der Waals surface area contributed by atoms with Gasteiger partial charge in [0, 0.05) is 30.0 Å². The zero-order valence-corrected chi connectivity index (χ0v) is 16.0. The molecule has 25 heavy (non-hydrogen) atoms. The smallest absolute Gasteiger partial charge is 0.257 e. The molecule has 0 aliphatic heterocycles. The lowest BCUT2D eigenvalue weighted by molar-refractivity contribution is 0.102. The number of rotatable bonds is 8. The molecule has 0 atom stereocenters. The average Bonchev–Trinajstić information content (AvgIpc) is 2.84. The Kier molecular flexibility index (Phi) is 6.47. The SMILES string of the molecule is CCCn1c(C)cc(C(=O)CSc2nc(O)cc(=O)n2CCC)c1C. The Morgan fingerprint density at radius 2 is 1.80 bits per heavy atom. The molecule has 0 spiro atoms.